The second-order valence-corrected chi connectivity index (χ2v) is 7.22. The molecule has 6 heteroatoms. The molecule has 108 valence electrons. The molecule has 0 spiro atoms. The lowest BCUT2D eigenvalue weighted by atomic mass is 9.96. The number of aliphatic hydroxyl groups excluding tert-OH is 1. The number of hydrogen-bond donors (Lipinski definition) is 2. The van der Waals surface area contributed by atoms with Crippen LogP contribution in [0.5, 0.6) is 0 Å². The topological polar surface area (TPSA) is 69.6 Å². The number of aliphatic hydroxyl groups is 1. The molecule has 0 aromatic carbocycles. The molecule has 0 bridgehead atoms. The van der Waals surface area contributed by atoms with Gasteiger partial charge in [-0.1, -0.05) is 26.2 Å². The summed E-state index contributed by atoms with van der Waals surface area (Å²) in [5, 5.41) is 9.30. The molecule has 1 saturated carbocycles. The molecule has 1 aliphatic rings. The SMILES string of the molecule is CCC(C)(CO)NS(=O)(=O)N(C)C1CCCCC1. The van der Waals surface area contributed by atoms with Crippen LogP contribution in [0.1, 0.15) is 52.4 Å². The third-order valence-corrected chi connectivity index (χ3v) is 5.78. The third-order valence-electron chi connectivity index (χ3n) is 3.97. The lowest BCUT2D eigenvalue weighted by molar-refractivity contribution is 0.186. The van der Waals surface area contributed by atoms with E-state index in [1.54, 1.807) is 14.0 Å². The van der Waals surface area contributed by atoms with Crippen LogP contribution < -0.4 is 4.72 Å². The Morgan fingerprint density at radius 1 is 1.33 bits per heavy atom. The summed E-state index contributed by atoms with van der Waals surface area (Å²) in [5.74, 6) is 0. The summed E-state index contributed by atoms with van der Waals surface area (Å²) >= 11 is 0. The maximum atomic E-state index is 12.3. The van der Waals surface area contributed by atoms with Gasteiger partial charge in [-0.3, -0.25) is 0 Å². The Balaban J connectivity index is 2.72. The van der Waals surface area contributed by atoms with Gasteiger partial charge in [0.15, 0.2) is 0 Å². The Bertz CT molecular complexity index is 346. The molecule has 1 unspecified atom stereocenters. The average Bonchev–Trinajstić information content (AvgIpc) is 2.38. The zero-order chi connectivity index (χ0) is 13.8. The molecule has 2 N–H and O–H groups in total. The van der Waals surface area contributed by atoms with Gasteiger partial charge in [0, 0.05) is 13.1 Å². The first-order valence-corrected chi connectivity index (χ1v) is 8.16. The van der Waals surface area contributed by atoms with Crippen LogP contribution in [0.4, 0.5) is 0 Å². The van der Waals surface area contributed by atoms with Crippen molar-refractivity contribution in [3.8, 4) is 0 Å². The molecule has 0 saturated heterocycles. The van der Waals surface area contributed by atoms with E-state index in [2.05, 4.69) is 4.72 Å². The van der Waals surface area contributed by atoms with E-state index in [0.717, 1.165) is 25.7 Å². The number of nitrogens with zero attached hydrogens (tertiary/aromatic N) is 1. The maximum absolute atomic E-state index is 12.3. The van der Waals surface area contributed by atoms with E-state index < -0.39 is 15.7 Å². The molecule has 0 aromatic heterocycles. The van der Waals surface area contributed by atoms with Gasteiger partial charge in [0.2, 0.25) is 0 Å². The van der Waals surface area contributed by atoms with Gasteiger partial charge in [-0.2, -0.15) is 17.4 Å². The second kappa shape index (κ2) is 6.32. The molecular formula is C12H26N2O3S. The fourth-order valence-electron chi connectivity index (χ4n) is 2.24. The van der Waals surface area contributed by atoms with Crippen molar-refractivity contribution in [2.24, 2.45) is 0 Å². The lowest BCUT2D eigenvalue weighted by Gasteiger charge is -2.34. The van der Waals surface area contributed by atoms with Gasteiger partial charge in [0.1, 0.15) is 0 Å². The normalized spacial score (nSPS) is 22.1. The summed E-state index contributed by atoms with van der Waals surface area (Å²) in [4.78, 5) is 0. The molecule has 18 heavy (non-hydrogen) atoms. The van der Waals surface area contributed by atoms with Crippen LogP contribution in [0.15, 0.2) is 0 Å². The van der Waals surface area contributed by atoms with E-state index in [1.807, 2.05) is 6.92 Å². The zero-order valence-electron chi connectivity index (χ0n) is 11.6. The fourth-order valence-corrected chi connectivity index (χ4v) is 3.82. The summed E-state index contributed by atoms with van der Waals surface area (Å²) in [7, 11) is -1.89. The van der Waals surface area contributed by atoms with Crippen molar-refractivity contribution in [3.05, 3.63) is 0 Å². The highest BCUT2D eigenvalue weighted by molar-refractivity contribution is 7.87. The number of nitrogens with one attached hydrogen (secondary N) is 1. The molecule has 5 nitrogen and oxygen atoms in total. The molecule has 1 fully saturated rings. The highest BCUT2D eigenvalue weighted by Crippen LogP contribution is 2.24. The minimum atomic E-state index is -3.52. The molecule has 1 aliphatic carbocycles. The van der Waals surface area contributed by atoms with Crippen molar-refractivity contribution >= 4 is 10.2 Å². The Morgan fingerprint density at radius 3 is 2.33 bits per heavy atom. The quantitative estimate of drug-likeness (QED) is 0.768. The first-order chi connectivity index (χ1) is 8.34. The average molecular weight is 278 g/mol. The molecule has 0 aliphatic heterocycles. The summed E-state index contributed by atoms with van der Waals surface area (Å²) in [5.41, 5.74) is -0.776. The molecule has 0 heterocycles. The summed E-state index contributed by atoms with van der Waals surface area (Å²) in [6.07, 6.45) is 5.80. The highest BCUT2D eigenvalue weighted by Gasteiger charge is 2.33. The van der Waals surface area contributed by atoms with Crippen molar-refractivity contribution in [1.29, 1.82) is 0 Å². The van der Waals surface area contributed by atoms with Crippen LogP contribution in [-0.4, -0.2) is 43.1 Å². The van der Waals surface area contributed by atoms with E-state index in [4.69, 9.17) is 0 Å². The van der Waals surface area contributed by atoms with Crippen LogP contribution >= 0.6 is 0 Å². The Hall–Kier alpha value is -0.170. The van der Waals surface area contributed by atoms with Crippen molar-refractivity contribution in [3.63, 3.8) is 0 Å². The van der Waals surface area contributed by atoms with Gasteiger partial charge in [0.05, 0.1) is 12.1 Å². The van der Waals surface area contributed by atoms with Crippen LogP contribution in [0, 0.1) is 0 Å². The largest absolute Gasteiger partial charge is 0.394 e. The van der Waals surface area contributed by atoms with E-state index >= 15 is 0 Å². The van der Waals surface area contributed by atoms with Crippen LogP contribution in [-0.2, 0) is 10.2 Å². The van der Waals surface area contributed by atoms with Gasteiger partial charge in [-0.25, -0.2) is 0 Å². The molecular weight excluding hydrogens is 252 g/mol. The molecule has 0 radical (unpaired) electrons. The Labute approximate surface area is 111 Å². The molecule has 0 amide bonds. The predicted molar refractivity (Wildman–Crippen MR) is 72.5 cm³/mol. The summed E-state index contributed by atoms with van der Waals surface area (Å²) < 4.78 is 28.6. The van der Waals surface area contributed by atoms with Crippen molar-refractivity contribution in [2.75, 3.05) is 13.7 Å². The maximum Gasteiger partial charge on any atom is 0.280 e. The Morgan fingerprint density at radius 2 is 1.89 bits per heavy atom. The van der Waals surface area contributed by atoms with Gasteiger partial charge in [-0.15, -0.1) is 0 Å². The van der Waals surface area contributed by atoms with Gasteiger partial charge in [-0.05, 0) is 26.2 Å². The van der Waals surface area contributed by atoms with E-state index in [0.29, 0.717) is 6.42 Å². The minimum absolute atomic E-state index is 0.0936. The summed E-state index contributed by atoms with van der Waals surface area (Å²) in [6.45, 7) is 3.39. The van der Waals surface area contributed by atoms with Crippen molar-refractivity contribution < 1.29 is 13.5 Å². The van der Waals surface area contributed by atoms with Crippen molar-refractivity contribution in [2.45, 2.75) is 64.0 Å². The van der Waals surface area contributed by atoms with Crippen LogP contribution in [0.2, 0.25) is 0 Å². The smallest absolute Gasteiger partial charge is 0.280 e. The van der Waals surface area contributed by atoms with Gasteiger partial charge < -0.3 is 5.11 Å². The minimum Gasteiger partial charge on any atom is -0.394 e. The molecule has 1 rings (SSSR count). The fraction of sp³-hybridized carbons (Fsp3) is 1.00. The highest BCUT2D eigenvalue weighted by atomic mass is 32.2. The van der Waals surface area contributed by atoms with E-state index in [9.17, 15) is 13.5 Å². The monoisotopic (exact) mass is 278 g/mol. The number of hydrogen-bond acceptors (Lipinski definition) is 3. The van der Waals surface area contributed by atoms with Gasteiger partial charge in [0.25, 0.3) is 10.2 Å². The second-order valence-electron chi connectivity index (χ2n) is 5.49. The standard InChI is InChI=1S/C12H26N2O3S/c1-4-12(2,10-15)13-18(16,17)14(3)11-8-6-5-7-9-11/h11,13,15H,4-10H2,1-3H3. The molecule has 1 atom stereocenters. The number of rotatable bonds is 6. The first-order valence-electron chi connectivity index (χ1n) is 6.72. The molecule has 0 aromatic rings. The zero-order valence-corrected chi connectivity index (χ0v) is 12.5. The van der Waals surface area contributed by atoms with Crippen molar-refractivity contribution in [1.82, 2.24) is 9.03 Å². The van der Waals surface area contributed by atoms with E-state index in [1.165, 1.54) is 10.7 Å². The first kappa shape index (κ1) is 15.9. The summed E-state index contributed by atoms with van der Waals surface area (Å²) in [6, 6.07) is 0.0936. The van der Waals surface area contributed by atoms with E-state index in [-0.39, 0.29) is 12.6 Å². The van der Waals surface area contributed by atoms with Gasteiger partial charge >= 0.3 is 0 Å². The third kappa shape index (κ3) is 3.91. The van der Waals surface area contributed by atoms with Crippen LogP contribution in [0.25, 0.3) is 0 Å². The lowest BCUT2D eigenvalue weighted by Crippen LogP contribution is -2.54. The Kier molecular flexibility index (Phi) is 5.58. The van der Waals surface area contributed by atoms with Crippen LogP contribution in [0.3, 0.4) is 0 Å². The predicted octanol–water partition coefficient (Wildman–Crippen LogP) is 1.25.